The van der Waals surface area contributed by atoms with E-state index in [1.54, 1.807) is 48.7 Å². The van der Waals surface area contributed by atoms with Crippen LogP contribution in [-0.4, -0.2) is 15.9 Å². The Hall–Kier alpha value is -3.18. The van der Waals surface area contributed by atoms with Crippen LogP contribution < -0.4 is 5.32 Å². The first-order chi connectivity index (χ1) is 12.2. The molecule has 0 unspecified atom stereocenters. The minimum absolute atomic E-state index is 0.222. The molecule has 0 aliphatic heterocycles. The van der Waals surface area contributed by atoms with Gasteiger partial charge in [0.15, 0.2) is 5.58 Å². The van der Waals surface area contributed by atoms with Crippen molar-refractivity contribution in [3.63, 3.8) is 0 Å². The van der Waals surface area contributed by atoms with E-state index in [9.17, 15) is 4.79 Å². The second kappa shape index (κ2) is 6.37. The molecule has 0 bridgehead atoms. The van der Waals surface area contributed by atoms with Crippen LogP contribution in [0.25, 0.3) is 22.7 Å². The zero-order valence-corrected chi connectivity index (χ0v) is 13.7. The number of nitrogens with one attached hydrogen (secondary N) is 1. The van der Waals surface area contributed by atoms with Gasteiger partial charge in [0.25, 0.3) is 5.91 Å². The molecule has 6 heteroatoms. The van der Waals surface area contributed by atoms with E-state index in [4.69, 9.17) is 16.0 Å². The first-order valence-electron chi connectivity index (χ1n) is 7.58. The number of nitrogens with zero attached hydrogens (tertiary/aromatic N) is 2. The first kappa shape index (κ1) is 15.4. The Morgan fingerprint density at radius 2 is 1.88 bits per heavy atom. The maximum Gasteiger partial charge on any atom is 0.255 e. The minimum atomic E-state index is -0.222. The number of hydrogen-bond acceptors (Lipinski definition) is 4. The Bertz CT molecular complexity index is 1040. The molecule has 122 valence electrons. The fraction of sp³-hybridized carbons (Fsp3) is 0. The molecule has 1 N–H and O–H groups in total. The summed E-state index contributed by atoms with van der Waals surface area (Å²) in [4.78, 5) is 20.9. The number of fused-ring (bicyclic) bond motifs is 1. The van der Waals surface area contributed by atoms with Crippen LogP contribution >= 0.6 is 11.6 Å². The van der Waals surface area contributed by atoms with E-state index < -0.39 is 0 Å². The summed E-state index contributed by atoms with van der Waals surface area (Å²) in [6, 6.07) is 17.5. The molecule has 4 rings (SSSR count). The van der Waals surface area contributed by atoms with Crippen molar-refractivity contribution in [1.29, 1.82) is 0 Å². The molecule has 2 aromatic heterocycles. The molecule has 2 aromatic carbocycles. The Labute approximate surface area is 148 Å². The van der Waals surface area contributed by atoms with Crippen LogP contribution in [0.4, 0.5) is 5.69 Å². The fourth-order valence-corrected chi connectivity index (χ4v) is 2.53. The molecule has 4 aromatic rings. The smallest absolute Gasteiger partial charge is 0.255 e. The number of carbonyl (C=O) groups excluding carboxylic acids is 1. The SMILES string of the molecule is O=C(Nc1ccc2nc(-c3ccccn3)oc2c1)c1ccc(Cl)cc1. The number of halogens is 1. The Morgan fingerprint density at radius 1 is 1.04 bits per heavy atom. The molecule has 0 spiro atoms. The van der Waals surface area contributed by atoms with Crippen LogP contribution in [0.15, 0.2) is 71.3 Å². The molecule has 0 atom stereocenters. The van der Waals surface area contributed by atoms with Crippen LogP contribution in [0.2, 0.25) is 5.02 Å². The number of oxazole rings is 1. The molecular formula is C19H12ClN3O2. The molecule has 0 aliphatic carbocycles. The molecule has 25 heavy (non-hydrogen) atoms. The van der Waals surface area contributed by atoms with E-state index in [0.717, 1.165) is 0 Å². The highest BCUT2D eigenvalue weighted by atomic mass is 35.5. The lowest BCUT2D eigenvalue weighted by Crippen LogP contribution is -2.11. The molecule has 0 aliphatic rings. The van der Waals surface area contributed by atoms with Gasteiger partial charge in [0, 0.05) is 28.5 Å². The van der Waals surface area contributed by atoms with Gasteiger partial charge in [-0.05, 0) is 48.5 Å². The third kappa shape index (κ3) is 3.22. The third-order valence-electron chi connectivity index (χ3n) is 3.64. The summed E-state index contributed by atoms with van der Waals surface area (Å²) in [6.07, 6.45) is 1.68. The van der Waals surface area contributed by atoms with Crippen molar-refractivity contribution in [2.45, 2.75) is 0 Å². The molecule has 0 saturated heterocycles. The van der Waals surface area contributed by atoms with Gasteiger partial charge in [-0.1, -0.05) is 17.7 Å². The van der Waals surface area contributed by atoms with Crippen LogP contribution in [0, 0.1) is 0 Å². The van der Waals surface area contributed by atoms with Crippen LogP contribution in [0.3, 0.4) is 0 Å². The summed E-state index contributed by atoms with van der Waals surface area (Å²) in [6.45, 7) is 0. The maximum absolute atomic E-state index is 12.3. The minimum Gasteiger partial charge on any atom is -0.435 e. The highest BCUT2D eigenvalue weighted by molar-refractivity contribution is 6.30. The van der Waals surface area contributed by atoms with Gasteiger partial charge in [-0.15, -0.1) is 0 Å². The molecule has 2 heterocycles. The molecule has 0 fully saturated rings. The average molecular weight is 350 g/mol. The second-order valence-electron chi connectivity index (χ2n) is 5.38. The summed E-state index contributed by atoms with van der Waals surface area (Å²) in [5, 5.41) is 3.42. The zero-order chi connectivity index (χ0) is 17.2. The normalized spacial score (nSPS) is 10.8. The van der Waals surface area contributed by atoms with Crippen molar-refractivity contribution in [1.82, 2.24) is 9.97 Å². The molecule has 0 radical (unpaired) electrons. The fourth-order valence-electron chi connectivity index (χ4n) is 2.41. The summed E-state index contributed by atoms with van der Waals surface area (Å²) in [7, 11) is 0. The van der Waals surface area contributed by atoms with Crippen molar-refractivity contribution in [2.75, 3.05) is 5.32 Å². The lowest BCUT2D eigenvalue weighted by Gasteiger charge is -2.04. The first-order valence-corrected chi connectivity index (χ1v) is 7.96. The predicted molar refractivity (Wildman–Crippen MR) is 96.6 cm³/mol. The lowest BCUT2D eigenvalue weighted by molar-refractivity contribution is 0.102. The Kier molecular flexibility index (Phi) is 3.91. The number of amides is 1. The van der Waals surface area contributed by atoms with E-state index in [1.807, 2.05) is 18.2 Å². The van der Waals surface area contributed by atoms with Crippen molar-refractivity contribution in [2.24, 2.45) is 0 Å². The quantitative estimate of drug-likeness (QED) is 0.577. The van der Waals surface area contributed by atoms with Crippen LogP contribution in [-0.2, 0) is 0 Å². The van der Waals surface area contributed by atoms with Gasteiger partial charge in [0.1, 0.15) is 11.2 Å². The second-order valence-corrected chi connectivity index (χ2v) is 5.81. The van der Waals surface area contributed by atoms with Gasteiger partial charge >= 0.3 is 0 Å². The van der Waals surface area contributed by atoms with E-state index >= 15 is 0 Å². The van der Waals surface area contributed by atoms with Crippen LogP contribution in [0.5, 0.6) is 0 Å². The Balaban J connectivity index is 1.61. The van der Waals surface area contributed by atoms with Crippen molar-refractivity contribution >= 4 is 34.3 Å². The maximum atomic E-state index is 12.3. The number of benzene rings is 2. The van der Waals surface area contributed by atoms with Crippen LogP contribution in [0.1, 0.15) is 10.4 Å². The largest absolute Gasteiger partial charge is 0.435 e. The van der Waals surface area contributed by atoms with Gasteiger partial charge < -0.3 is 9.73 Å². The van der Waals surface area contributed by atoms with E-state index in [-0.39, 0.29) is 5.91 Å². The van der Waals surface area contributed by atoms with Gasteiger partial charge in [0.2, 0.25) is 5.89 Å². The molecule has 1 amide bonds. The number of rotatable bonds is 3. The third-order valence-corrected chi connectivity index (χ3v) is 3.89. The number of hydrogen-bond donors (Lipinski definition) is 1. The highest BCUT2D eigenvalue weighted by Crippen LogP contribution is 2.25. The zero-order valence-electron chi connectivity index (χ0n) is 12.9. The molecule has 0 saturated carbocycles. The Morgan fingerprint density at radius 3 is 2.64 bits per heavy atom. The number of aromatic nitrogens is 2. The monoisotopic (exact) mass is 349 g/mol. The van der Waals surface area contributed by atoms with Gasteiger partial charge in [-0.3, -0.25) is 9.78 Å². The van der Waals surface area contributed by atoms with Gasteiger partial charge in [-0.25, -0.2) is 4.98 Å². The van der Waals surface area contributed by atoms with E-state index in [1.165, 1.54) is 0 Å². The molecular weight excluding hydrogens is 338 g/mol. The standard InChI is InChI=1S/C19H12ClN3O2/c20-13-6-4-12(5-7-13)18(24)22-14-8-9-15-17(11-14)25-19(23-15)16-3-1-2-10-21-16/h1-11H,(H,22,24). The summed E-state index contributed by atoms with van der Waals surface area (Å²) >= 11 is 5.84. The number of pyridine rings is 1. The van der Waals surface area contributed by atoms with Crippen molar-refractivity contribution in [3.05, 3.63) is 77.4 Å². The van der Waals surface area contributed by atoms with E-state index in [2.05, 4.69) is 15.3 Å². The summed E-state index contributed by atoms with van der Waals surface area (Å²) in [5.74, 6) is 0.220. The topological polar surface area (TPSA) is 68.0 Å². The lowest BCUT2D eigenvalue weighted by atomic mass is 10.2. The average Bonchev–Trinajstić information content (AvgIpc) is 3.06. The number of carbonyl (C=O) groups is 1. The van der Waals surface area contributed by atoms with Gasteiger partial charge in [0.05, 0.1) is 0 Å². The van der Waals surface area contributed by atoms with Gasteiger partial charge in [-0.2, -0.15) is 0 Å². The highest BCUT2D eigenvalue weighted by Gasteiger charge is 2.11. The van der Waals surface area contributed by atoms with Crippen molar-refractivity contribution in [3.8, 4) is 11.6 Å². The summed E-state index contributed by atoms with van der Waals surface area (Å²) < 4.78 is 5.76. The predicted octanol–water partition coefficient (Wildman–Crippen LogP) is 4.80. The number of anilines is 1. The van der Waals surface area contributed by atoms with Crippen molar-refractivity contribution < 1.29 is 9.21 Å². The molecule has 5 nitrogen and oxygen atoms in total. The van der Waals surface area contributed by atoms with E-state index in [0.29, 0.717) is 39.0 Å². The summed E-state index contributed by atoms with van der Waals surface area (Å²) in [5.41, 5.74) is 3.08.